The summed E-state index contributed by atoms with van der Waals surface area (Å²) < 4.78 is 0.938. The largest absolute Gasteiger partial charge is 0.350 e. The molecule has 2 atom stereocenters. The van der Waals surface area contributed by atoms with Gasteiger partial charge in [0.25, 0.3) is 5.91 Å². The van der Waals surface area contributed by atoms with Gasteiger partial charge >= 0.3 is 0 Å². The number of carbonyl (C=O) groups is 2. The monoisotopic (exact) mass is 401 g/mol. The molecule has 0 saturated carbocycles. The van der Waals surface area contributed by atoms with Gasteiger partial charge in [0.1, 0.15) is 6.04 Å². The fourth-order valence-electron chi connectivity index (χ4n) is 3.12. The Bertz CT molecular complexity index is 561. The molecule has 2 heterocycles. The van der Waals surface area contributed by atoms with Crippen molar-refractivity contribution >= 4 is 40.2 Å². The first-order chi connectivity index (χ1) is 10.6. The highest BCUT2D eigenvalue weighted by molar-refractivity contribution is 9.10. The van der Waals surface area contributed by atoms with Crippen molar-refractivity contribution < 1.29 is 9.59 Å². The first-order valence-electron chi connectivity index (χ1n) is 7.73. The predicted molar refractivity (Wildman–Crippen MR) is 94.9 cm³/mol. The van der Waals surface area contributed by atoms with Crippen molar-refractivity contribution in [3.05, 3.63) is 34.3 Å². The third-order valence-corrected chi connectivity index (χ3v) is 4.84. The van der Waals surface area contributed by atoms with Crippen LogP contribution in [0.5, 0.6) is 0 Å². The molecule has 2 fully saturated rings. The van der Waals surface area contributed by atoms with Gasteiger partial charge < -0.3 is 15.5 Å². The standard InChI is InChI=1S/C16H20BrN3O2.ClH/c17-12-5-3-11(4-6-12)16(22)20-9-1-2-14(20)15(21)19-13-7-8-18-10-13;/h3-6,13-14,18H,1-2,7-10H2,(H,19,21);1H. The Kier molecular flexibility index (Phi) is 6.44. The summed E-state index contributed by atoms with van der Waals surface area (Å²) in [6.45, 7) is 2.41. The lowest BCUT2D eigenvalue weighted by Gasteiger charge is -2.25. The van der Waals surface area contributed by atoms with E-state index in [0.717, 1.165) is 36.8 Å². The van der Waals surface area contributed by atoms with Gasteiger partial charge in [0.05, 0.1) is 0 Å². The van der Waals surface area contributed by atoms with E-state index in [1.807, 2.05) is 12.1 Å². The fraction of sp³-hybridized carbons (Fsp3) is 0.500. The fourth-order valence-corrected chi connectivity index (χ4v) is 3.38. The van der Waals surface area contributed by atoms with E-state index in [4.69, 9.17) is 0 Å². The molecule has 2 saturated heterocycles. The second kappa shape index (κ2) is 8.13. The van der Waals surface area contributed by atoms with Crippen molar-refractivity contribution in [2.45, 2.75) is 31.3 Å². The van der Waals surface area contributed by atoms with Gasteiger partial charge in [0.2, 0.25) is 5.91 Å². The lowest BCUT2D eigenvalue weighted by atomic mass is 10.1. The highest BCUT2D eigenvalue weighted by atomic mass is 79.9. The van der Waals surface area contributed by atoms with Gasteiger partial charge in [-0.25, -0.2) is 0 Å². The van der Waals surface area contributed by atoms with Crippen LogP contribution in [0.25, 0.3) is 0 Å². The van der Waals surface area contributed by atoms with Crippen LogP contribution in [0.1, 0.15) is 29.6 Å². The Labute approximate surface area is 150 Å². The maximum absolute atomic E-state index is 12.6. The number of carbonyl (C=O) groups excluding carboxylic acids is 2. The van der Waals surface area contributed by atoms with E-state index in [0.29, 0.717) is 12.1 Å². The molecule has 0 radical (unpaired) electrons. The lowest BCUT2D eigenvalue weighted by molar-refractivity contribution is -0.125. The summed E-state index contributed by atoms with van der Waals surface area (Å²) in [6.07, 6.45) is 2.58. The van der Waals surface area contributed by atoms with Crippen molar-refractivity contribution in [2.75, 3.05) is 19.6 Å². The van der Waals surface area contributed by atoms with Gasteiger partial charge in [-0.05, 0) is 50.1 Å². The molecule has 1 aromatic carbocycles. The van der Waals surface area contributed by atoms with E-state index >= 15 is 0 Å². The van der Waals surface area contributed by atoms with Crippen LogP contribution < -0.4 is 10.6 Å². The third kappa shape index (κ3) is 4.25. The Morgan fingerprint density at radius 2 is 1.96 bits per heavy atom. The van der Waals surface area contributed by atoms with Crippen LogP contribution in [0.15, 0.2) is 28.7 Å². The van der Waals surface area contributed by atoms with E-state index in [-0.39, 0.29) is 36.3 Å². The molecular formula is C16H21BrClN3O2. The Morgan fingerprint density at radius 1 is 1.22 bits per heavy atom. The maximum atomic E-state index is 12.6. The lowest BCUT2D eigenvalue weighted by Crippen LogP contribution is -2.49. The minimum atomic E-state index is -0.336. The summed E-state index contributed by atoms with van der Waals surface area (Å²) in [5, 5.41) is 6.30. The molecular weight excluding hydrogens is 382 g/mol. The molecule has 2 N–H and O–H groups in total. The van der Waals surface area contributed by atoms with Crippen molar-refractivity contribution in [3.8, 4) is 0 Å². The van der Waals surface area contributed by atoms with Crippen molar-refractivity contribution in [2.24, 2.45) is 0 Å². The molecule has 0 bridgehead atoms. The smallest absolute Gasteiger partial charge is 0.254 e. The zero-order valence-corrected chi connectivity index (χ0v) is 15.2. The zero-order valence-electron chi connectivity index (χ0n) is 12.8. The van der Waals surface area contributed by atoms with Crippen LogP contribution in [0.4, 0.5) is 0 Å². The molecule has 7 heteroatoms. The molecule has 0 aromatic heterocycles. The van der Waals surface area contributed by atoms with Gasteiger partial charge in [0.15, 0.2) is 0 Å². The van der Waals surface area contributed by atoms with Crippen LogP contribution >= 0.6 is 28.3 Å². The summed E-state index contributed by atoms with van der Waals surface area (Å²) in [5.74, 6) is -0.0774. The summed E-state index contributed by atoms with van der Waals surface area (Å²) in [7, 11) is 0. The second-order valence-electron chi connectivity index (χ2n) is 5.86. The average molecular weight is 403 g/mol. The van der Waals surface area contributed by atoms with Gasteiger partial charge in [-0.1, -0.05) is 15.9 Å². The van der Waals surface area contributed by atoms with Crippen LogP contribution in [-0.4, -0.2) is 48.4 Å². The summed E-state index contributed by atoms with van der Waals surface area (Å²) >= 11 is 3.37. The van der Waals surface area contributed by atoms with Crippen molar-refractivity contribution in [3.63, 3.8) is 0 Å². The van der Waals surface area contributed by atoms with E-state index < -0.39 is 0 Å². The molecule has 2 unspecified atom stereocenters. The molecule has 5 nitrogen and oxygen atoms in total. The summed E-state index contributed by atoms with van der Waals surface area (Å²) in [4.78, 5) is 26.8. The van der Waals surface area contributed by atoms with Gasteiger partial charge in [-0.3, -0.25) is 9.59 Å². The highest BCUT2D eigenvalue weighted by Crippen LogP contribution is 2.21. The summed E-state index contributed by atoms with van der Waals surface area (Å²) in [5.41, 5.74) is 0.630. The maximum Gasteiger partial charge on any atom is 0.254 e. The summed E-state index contributed by atoms with van der Waals surface area (Å²) in [6, 6.07) is 7.14. The number of rotatable bonds is 3. The molecule has 0 aliphatic carbocycles. The van der Waals surface area contributed by atoms with Gasteiger partial charge in [-0.15, -0.1) is 12.4 Å². The van der Waals surface area contributed by atoms with E-state index in [9.17, 15) is 9.59 Å². The second-order valence-corrected chi connectivity index (χ2v) is 6.78. The first kappa shape index (κ1) is 18.2. The molecule has 2 amide bonds. The predicted octanol–water partition coefficient (Wildman–Crippen LogP) is 1.95. The number of benzene rings is 1. The molecule has 0 spiro atoms. The third-order valence-electron chi connectivity index (χ3n) is 4.31. The molecule has 2 aliphatic heterocycles. The SMILES string of the molecule is Cl.O=C(NC1CCNC1)C1CCCN1C(=O)c1ccc(Br)cc1. The number of nitrogens with one attached hydrogen (secondary N) is 2. The number of halogens is 2. The van der Waals surface area contributed by atoms with Gasteiger partial charge in [0, 0.05) is 29.2 Å². The van der Waals surface area contributed by atoms with Crippen LogP contribution in [0.3, 0.4) is 0 Å². The topological polar surface area (TPSA) is 61.4 Å². The minimum absolute atomic E-state index is 0. The average Bonchev–Trinajstić information content (AvgIpc) is 3.18. The Balaban J connectivity index is 0.00000192. The van der Waals surface area contributed by atoms with E-state index in [2.05, 4.69) is 26.6 Å². The molecule has 3 rings (SSSR count). The van der Waals surface area contributed by atoms with Crippen LogP contribution in [-0.2, 0) is 4.79 Å². The van der Waals surface area contributed by atoms with Crippen LogP contribution in [0, 0.1) is 0 Å². The van der Waals surface area contributed by atoms with Crippen LogP contribution in [0.2, 0.25) is 0 Å². The molecule has 126 valence electrons. The molecule has 23 heavy (non-hydrogen) atoms. The van der Waals surface area contributed by atoms with Crippen molar-refractivity contribution in [1.82, 2.24) is 15.5 Å². The molecule has 2 aliphatic rings. The number of likely N-dealkylation sites (tertiary alicyclic amines) is 1. The zero-order chi connectivity index (χ0) is 15.5. The first-order valence-corrected chi connectivity index (χ1v) is 8.52. The van der Waals surface area contributed by atoms with E-state index in [1.54, 1.807) is 17.0 Å². The number of nitrogens with zero attached hydrogens (tertiary/aromatic N) is 1. The van der Waals surface area contributed by atoms with Gasteiger partial charge in [-0.2, -0.15) is 0 Å². The van der Waals surface area contributed by atoms with E-state index in [1.165, 1.54) is 0 Å². The number of amides is 2. The Morgan fingerprint density at radius 3 is 2.61 bits per heavy atom. The highest BCUT2D eigenvalue weighted by Gasteiger charge is 2.35. The quantitative estimate of drug-likeness (QED) is 0.812. The van der Waals surface area contributed by atoms with Crippen molar-refractivity contribution in [1.29, 1.82) is 0 Å². The molecule has 1 aromatic rings. The minimum Gasteiger partial charge on any atom is -0.350 e. The number of hydrogen-bond donors (Lipinski definition) is 2. The Hall–Kier alpha value is -1.11. The normalized spacial score (nSPS) is 23.4. The number of hydrogen-bond acceptors (Lipinski definition) is 3.